The number of H-pyrrole nitrogens is 1. The number of benzene rings is 2. The number of nitrogen functional groups attached to an aromatic ring is 1. The van der Waals surface area contributed by atoms with Crippen LogP contribution in [0.4, 0.5) is 17.2 Å². The Balaban J connectivity index is 0.000000153. The second-order valence-corrected chi connectivity index (χ2v) is 16.3. The number of aromatic nitrogens is 15. The number of hydrogen-bond acceptors (Lipinski definition) is 14. The number of anilines is 3. The molecule has 0 radical (unpaired) electrons. The minimum Gasteiger partial charge on any atom is -0.399 e. The van der Waals surface area contributed by atoms with Crippen molar-refractivity contribution in [3.63, 3.8) is 0 Å². The third kappa shape index (κ3) is 14.2. The monoisotopic (exact) mass is 1040 g/mol. The van der Waals surface area contributed by atoms with Crippen molar-refractivity contribution in [2.24, 2.45) is 0 Å². The van der Waals surface area contributed by atoms with E-state index < -0.39 is 0 Å². The number of para-hydroxylation sites is 2. The quantitative estimate of drug-likeness (QED) is 0.140. The molecular weight excluding hydrogens is 1000 g/mol. The minimum absolute atomic E-state index is 0. The fourth-order valence-electron chi connectivity index (χ4n) is 6.08. The zero-order chi connectivity index (χ0) is 48.2. The van der Waals surface area contributed by atoms with E-state index in [2.05, 4.69) is 70.1 Å². The van der Waals surface area contributed by atoms with E-state index in [-0.39, 0.29) is 7.43 Å². The molecule has 2 aromatic carbocycles. The lowest BCUT2D eigenvalue weighted by Crippen LogP contribution is -2.03. The van der Waals surface area contributed by atoms with Crippen LogP contribution in [0, 0.1) is 20.8 Å². The van der Waals surface area contributed by atoms with E-state index in [9.17, 15) is 0 Å². The average Bonchev–Trinajstić information content (AvgIpc) is 3.97. The molecule has 0 atom stereocenters. The molecule has 0 bridgehead atoms. The smallest absolute Gasteiger partial charge is 0.178 e. The first-order valence-corrected chi connectivity index (χ1v) is 22.1. The van der Waals surface area contributed by atoms with Crippen LogP contribution in [0.5, 0.6) is 0 Å². The number of halogens is 6. The third-order valence-corrected chi connectivity index (χ3v) is 9.98. The Hall–Kier alpha value is -7.12. The maximum absolute atomic E-state index is 6.07. The second kappa shape index (κ2) is 24.2. The highest BCUT2D eigenvalue weighted by Gasteiger charge is 2.14. The number of fused-ring (bicyclic) bond motifs is 3. The molecule has 0 aliphatic heterocycles. The fourth-order valence-corrected chi connectivity index (χ4v) is 7.02. The number of nitrogens with zero attached hydrogens (tertiary/aromatic N) is 14. The predicted molar refractivity (Wildman–Crippen MR) is 276 cm³/mol. The first kappa shape index (κ1) is 51.3. The highest BCUT2D eigenvalue weighted by Crippen LogP contribution is 2.24. The topological polar surface area (TPSA) is 218 Å². The van der Waals surface area contributed by atoms with Crippen molar-refractivity contribution in [3.8, 4) is 11.6 Å². The standard InChI is InChI=1S/C17H13ClN6.C11H7Cl2N5.C7H6ClN3.C6H7N.C4H2Cl2N2.CH4/c1-11-21-17-14(7-12(18)8-20-17)24(11)16-10-19-9-15(23-16)22-13-5-3-2-4-6-13;1-6-16-11-8(2-7(12)3-15-11)18(6)10-5-14-4-9(13)17-10;1-4-10-6-2-5(8)3-9-7(6)11-4;7-6-4-2-1-3-5-6;5-3-1-7-2-4(6)8-3;/h2-10H,1H3,(H,22,23);2-5H,1H3;2-3H,1H3,(H,9,10,11);1-5H,7H2;1-2H;1H4. The molecule has 69 heavy (non-hydrogen) atoms. The summed E-state index contributed by atoms with van der Waals surface area (Å²) in [5.41, 5.74) is 11.5. The summed E-state index contributed by atoms with van der Waals surface area (Å²) < 4.78 is 3.70. The van der Waals surface area contributed by atoms with E-state index in [0.29, 0.717) is 64.9 Å². The summed E-state index contributed by atoms with van der Waals surface area (Å²) in [6, 6.07) is 24.7. The molecule has 23 heteroatoms. The van der Waals surface area contributed by atoms with Gasteiger partial charge in [-0.1, -0.05) is 113 Å². The SMILES string of the molecule is C.Cc1nc2ncc(Cl)cc2[nH]1.Cc1nc2ncc(Cl)cc2n1-c1cncc(Cl)n1.Cc1nc2ncc(Cl)cc2n1-c1cncc(Nc2ccccc2)n1.Clc1cncc(Cl)n1.Nc1ccccc1. The Morgan fingerprint density at radius 1 is 0.493 bits per heavy atom. The first-order chi connectivity index (χ1) is 32.8. The number of pyridine rings is 3. The molecule has 11 rings (SSSR count). The van der Waals surface area contributed by atoms with Crippen molar-refractivity contribution in [1.29, 1.82) is 0 Å². The third-order valence-electron chi connectivity index (χ3n) is 8.81. The van der Waals surface area contributed by atoms with Gasteiger partial charge in [0.05, 0.1) is 68.8 Å². The molecule has 0 spiro atoms. The van der Waals surface area contributed by atoms with E-state index in [1.54, 1.807) is 43.2 Å². The molecule has 0 saturated heterocycles. The summed E-state index contributed by atoms with van der Waals surface area (Å²) in [5, 5.41) is 5.91. The highest BCUT2D eigenvalue weighted by molar-refractivity contribution is 6.32. The fraction of sp³-hybridized carbons (Fsp3) is 0.0870. The van der Waals surface area contributed by atoms with Crippen molar-refractivity contribution in [2.75, 3.05) is 11.1 Å². The maximum Gasteiger partial charge on any atom is 0.178 e. The van der Waals surface area contributed by atoms with Crippen LogP contribution < -0.4 is 11.1 Å². The van der Waals surface area contributed by atoms with Gasteiger partial charge in [0, 0.05) is 30.0 Å². The van der Waals surface area contributed by atoms with Gasteiger partial charge in [0.25, 0.3) is 0 Å². The Labute approximate surface area is 425 Å². The Morgan fingerprint density at radius 2 is 0.957 bits per heavy atom. The molecule has 9 heterocycles. The van der Waals surface area contributed by atoms with Crippen molar-refractivity contribution >= 4 is 120 Å². The summed E-state index contributed by atoms with van der Waals surface area (Å²) in [6.45, 7) is 5.64. The predicted octanol–water partition coefficient (Wildman–Crippen LogP) is 12.3. The summed E-state index contributed by atoms with van der Waals surface area (Å²) in [7, 11) is 0. The summed E-state index contributed by atoms with van der Waals surface area (Å²) in [6.07, 6.45) is 14.0. The molecule has 0 unspecified atom stereocenters. The van der Waals surface area contributed by atoms with Crippen molar-refractivity contribution < 1.29 is 0 Å². The van der Waals surface area contributed by atoms with Crippen LogP contribution in [0.1, 0.15) is 24.9 Å². The molecule has 0 amide bonds. The van der Waals surface area contributed by atoms with Gasteiger partial charge in [-0.2, -0.15) is 0 Å². The van der Waals surface area contributed by atoms with Gasteiger partial charge in [0.15, 0.2) is 34.4 Å². The lowest BCUT2D eigenvalue weighted by molar-refractivity contribution is 0.941. The van der Waals surface area contributed by atoms with Gasteiger partial charge >= 0.3 is 0 Å². The number of imidazole rings is 3. The average molecular weight is 1040 g/mol. The zero-order valence-electron chi connectivity index (χ0n) is 35.8. The van der Waals surface area contributed by atoms with Gasteiger partial charge in [-0.15, -0.1) is 0 Å². The lowest BCUT2D eigenvalue weighted by Gasteiger charge is -2.09. The van der Waals surface area contributed by atoms with E-state index in [1.807, 2.05) is 103 Å². The molecule has 9 aromatic heterocycles. The molecule has 350 valence electrons. The van der Waals surface area contributed by atoms with Gasteiger partial charge in [0.1, 0.15) is 32.9 Å². The van der Waals surface area contributed by atoms with Crippen LogP contribution in [0.3, 0.4) is 0 Å². The van der Waals surface area contributed by atoms with E-state index in [4.69, 9.17) is 75.3 Å². The first-order valence-electron chi connectivity index (χ1n) is 19.8. The summed E-state index contributed by atoms with van der Waals surface area (Å²) >= 11 is 34.4. The molecular formula is C46H39Cl6N17. The Morgan fingerprint density at radius 3 is 1.45 bits per heavy atom. The van der Waals surface area contributed by atoms with Gasteiger partial charge < -0.3 is 16.0 Å². The number of hydrogen-bond donors (Lipinski definition) is 3. The number of rotatable bonds is 4. The van der Waals surface area contributed by atoms with Crippen LogP contribution in [0.15, 0.2) is 135 Å². The molecule has 17 nitrogen and oxygen atoms in total. The molecule has 4 N–H and O–H groups in total. The number of aryl methyl sites for hydroxylation is 3. The van der Waals surface area contributed by atoms with E-state index in [1.165, 1.54) is 18.6 Å². The van der Waals surface area contributed by atoms with Crippen molar-refractivity contribution in [3.05, 3.63) is 183 Å². The molecule has 11 aromatic rings. The van der Waals surface area contributed by atoms with Crippen molar-refractivity contribution in [2.45, 2.75) is 28.2 Å². The van der Waals surface area contributed by atoms with Crippen molar-refractivity contribution in [1.82, 2.24) is 73.9 Å². The maximum atomic E-state index is 6.07. The summed E-state index contributed by atoms with van der Waals surface area (Å²) in [4.78, 5) is 52.8. The highest BCUT2D eigenvalue weighted by atomic mass is 35.5. The Kier molecular flexibility index (Phi) is 18.0. The van der Waals surface area contributed by atoms with E-state index >= 15 is 0 Å². The van der Waals surface area contributed by atoms with Gasteiger partial charge in [-0.3, -0.25) is 24.1 Å². The van der Waals surface area contributed by atoms with Crippen LogP contribution in [0.25, 0.3) is 45.1 Å². The van der Waals surface area contributed by atoms with E-state index in [0.717, 1.165) is 45.4 Å². The van der Waals surface area contributed by atoms with Crippen LogP contribution in [-0.2, 0) is 0 Å². The molecule has 0 aliphatic carbocycles. The molecule has 0 fully saturated rings. The normalized spacial score (nSPS) is 10.3. The van der Waals surface area contributed by atoms with Gasteiger partial charge in [0.2, 0.25) is 0 Å². The zero-order valence-corrected chi connectivity index (χ0v) is 40.3. The summed E-state index contributed by atoms with van der Waals surface area (Å²) in [5.74, 6) is 4.26. The largest absolute Gasteiger partial charge is 0.399 e. The van der Waals surface area contributed by atoms with Crippen LogP contribution >= 0.6 is 69.6 Å². The van der Waals surface area contributed by atoms with Crippen LogP contribution in [-0.4, -0.2) is 73.9 Å². The molecule has 0 saturated carbocycles. The number of aromatic amines is 1. The lowest BCUT2D eigenvalue weighted by atomic mass is 10.3. The Bertz CT molecular complexity index is 3410. The number of nitrogens with two attached hydrogens (primary N) is 1. The minimum atomic E-state index is 0. The van der Waals surface area contributed by atoms with Gasteiger partial charge in [-0.05, 0) is 63.2 Å². The second-order valence-electron chi connectivity index (χ2n) is 13.9. The molecule has 0 aliphatic rings. The van der Waals surface area contributed by atoms with Gasteiger partial charge in [-0.25, -0.2) is 44.9 Å². The number of nitrogens with one attached hydrogen (secondary N) is 2. The van der Waals surface area contributed by atoms with Crippen LogP contribution in [0.2, 0.25) is 30.5 Å².